The predicted molar refractivity (Wildman–Crippen MR) is 68.5 cm³/mol. The first-order valence-corrected chi connectivity index (χ1v) is 6.00. The van der Waals surface area contributed by atoms with Gasteiger partial charge in [-0.25, -0.2) is 0 Å². The van der Waals surface area contributed by atoms with Crippen molar-refractivity contribution in [1.29, 1.82) is 0 Å². The molecule has 0 aliphatic heterocycles. The van der Waals surface area contributed by atoms with Gasteiger partial charge in [0.15, 0.2) is 5.82 Å². The smallest absolute Gasteiger partial charge is 0.257 e. The normalized spacial score (nSPS) is 10.4. The molecule has 0 radical (unpaired) electrons. The number of nitrogens with zero attached hydrogens (tertiary/aromatic N) is 2. The van der Waals surface area contributed by atoms with E-state index >= 15 is 0 Å². The first kappa shape index (κ1) is 13.2. The largest absolute Gasteiger partial charge is 0.396 e. The zero-order valence-electron chi connectivity index (χ0n) is 10.6. The molecule has 2 rings (SSSR count). The van der Waals surface area contributed by atoms with Crippen LogP contribution in [0.3, 0.4) is 0 Å². The molecule has 0 saturated carbocycles. The number of aryl methyl sites for hydroxylation is 1. The van der Waals surface area contributed by atoms with E-state index in [-0.39, 0.29) is 12.5 Å². The van der Waals surface area contributed by atoms with E-state index in [0.29, 0.717) is 30.2 Å². The van der Waals surface area contributed by atoms with Gasteiger partial charge in [0.2, 0.25) is 0 Å². The van der Waals surface area contributed by atoms with Crippen LogP contribution in [0.1, 0.15) is 22.6 Å². The highest BCUT2D eigenvalue weighted by atomic mass is 16.5. The second-order valence-corrected chi connectivity index (χ2v) is 4.06. The van der Waals surface area contributed by atoms with Crippen molar-refractivity contribution in [3.05, 3.63) is 35.7 Å². The van der Waals surface area contributed by atoms with E-state index in [9.17, 15) is 4.79 Å². The van der Waals surface area contributed by atoms with Gasteiger partial charge in [-0.1, -0.05) is 5.16 Å². The number of aromatic nitrogens is 2. The average molecular weight is 261 g/mol. The summed E-state index contributed by atoms with van der Waals surface area (Å²) in [4.78, 5) is 15.8. The number of nitrogens with one attached hydrogen (secondary N) is 1. The summed E-state index contributed by atoms with van der Waals surface area (Å²) in [5, 5.41) is 15.1. The van der Waals surface area contributed by atoms with E-state index in [1.54, 1.807) is 31.2 Å². The highest BCUT2D eigenvalue weighted by Gasteiger charge is 2.08. The van der Waals surface area contributed by atoms with Crippen LogP contribution < -0.4 is 5.32 Å². The maximum atomic E-state index is 11.7. The minimum Gasteiger partial charge on any atom is -0.396 e. The second kappa shape index (κ2) is 6.10. The molecule has 6 nitrogen and oxygen atoms in total. The lowest BCUT2D eigenvalue weighted by Crippen LogP contribution is -2.24. The van der Waals surface area contributed by atoms with Crippen LogP contribution in [0, 0.1) is 6.92 Å². The van der Waals surface area contributed by atoms with Crippen molar-refractivity contribution in [2.45, 2.75) is 13.3 Å². The summed E-state index contributed by atoms with van der Waals surface area (Å²) in [5.74, 6) is 0.840. The molecule has 0 fully saturated rings. The molecule has 2 N–H and O–H groups in total. The number of carbonyl (C=O) groups excluding carboxylic acids is 1. The van der Waals surface area contributed by atoms with Crippen molar-refractivity contribution in [2.75, 3.05) is 13.2 Å². The summed E-state index contributed by atoms with van der Waals surface area (Å²) < 4.78 is 5.04. The molecule has 0 aliphatic rings. The van der Waals surface area contributed by atoms with Crippen molar-refractivity contribution in [2.24, 2.45) is 0 Å². The summed E-state index contributed by atoms with van der Waals surface area (Å²) in [6.07, 6.45) is 0.547. The highest BCUT2D eigenvalue weighted by Crippen LogP contribution is 2.17. The van der Waals surface area contributed by atoms with Crippen LogP contribution in [0.2, 0.25) is 0 Å². The third kappa shape index (κ3) is 3.38. The molecule has 100 valence electrons. The molecule has 1 amide bonds. The molecule has 2 aromatic rings. The van der Waals surface area contributed by atoms with Crippen molar-refractivity contribution < 1.29 is 14.4 Å². The Morgan fingerprint density at radius 3 is 2.68 bits per heavy atom. The van der Waals surface area contributed by atoms with E-state index in [2.05, 4.69) is 15.5 Å². The van der Waals surface area contributed by atoms with Gasteiger partial charge in [-0.3, -0.25) is 4.79 Å². The summed E-state index contributed by atoms with van der Waals surface area (Å²) in [6, 6.07) is 6.91. The minimum absolute atomic E-state index is 0.0652. The van der Waals surface area contributed by atoms with Crippen molar-refractivity contribution in [3.63, 3.8) is 0 Å². The van der Waals surface area contributed by atoms with Gasteiger partial charge < -0.3 is 14.9 Å². The molecule has 19 heavy (non-hydrogen) atoms. The number of benzene rings is 1. The van der Waals surface area contributed by atoms with E-state index in [1.807, 2.05) is 0 Å². The maximum absolute atomic E-state index is 11.7. The lowest BCUT2D eigenvalue weighted by molar-refractivity contribution is 0.0951. The third-order valence-electron chi connectivity index (χ3n) is 2.54. The Labute approximate surface area is 110 Å². The summed E-state index contributed by atoms with van der Waals surface area (Å²) >= 11 is 0. The van der Waals surface area contributed by atoms with E-state index < -0.39 is 0 Å². The van der Waals surface area contributed by atoms with Gasteiger partial charge in [0.25, 0.3) is 11.8 Å². The van der Waals surface area contributed by atoms with Gasteiger partial charge in [-0.15, -0.1) is 0 Å². The van der Waals surface area contributed by atoms with Gasteiger partial charge >= 0.3 is 0 Å². The maximum Gasteiger partial charge on any atom is 0.257 e. The topological polar surface area (TPSA) is 88.2 Å². The molecule has 1 heterocycles. The lowest BCUT2D eigenvalue weighted by atomic mass is 10.1. The van der Waals surface area contributed by atoms with Gasteiger partial charge in [-0.05, 0) is 37.6 Å². The zero-order valence-corrected chi connectivity index (χ0v) is 10.6. The van der Waals surface area contributed by atoms with E-state index in [4.69, 9.17) is 9.63 Å². The molecule has 6 heteroatoms. The number of aliphatic hydroxyl groups is 1. The fraction of sp³-hybridized carbons (Fsp3) is 0.308. The fourth-order valence-electron chi connectivity index (χ4n) is 1.56. The quantitative estimate of drug-likeness (QED) is 0.788. The van der Waals surface area contributed by atoms with Crippen LogP contribution in [-0.2, 0) is 0 Å². The van der Waals surface area contributed by atoms with Gasteiger partial charge in [0.1, 0.15) is 0 Å². The summed E-state index contributed by atoms with van der Waals surface area (Å²) in [7, 11) is 0. The molecule has 0 bridgehead atoms. The van der Waals surface area contributed by atoms with Crippen LogP contribution in [-0.4, -0.2) is 34.3 Å². The predicted octanol–water partition coefficient (Wildman–Crippen LogP) is 1.16. The van der Waals surface area contributed by atoms with Crippen LogP contribution >= 0.6 is 0 Å². The second-order valence-electron chi connectivity index (χ2n) is 4.06. The minimum atomic E-state index is -0.165. The number of hydrogen-bond donors (Lipinski definition) is 2. The number of hydrogen-bond acceptors (Lipinski definition) is 5. The molecule has 1 aromatic heterocycles. The highest BCUT2D eigenvalue weighted by molar-refractivity contribution is 5.94. The first-order chi connectivity index (χ1) is 9.20. The van der Waals surface area contributed by atoms with E-state index in [0.717, 1.165) is 5.56 Å². The Bertz CT molecular complexity index is 549. The van der Waals surface area contributed by atoms with Crippen LogP contribution in [0.15, 0.2) is 28.8 Å². The average Bonchev–Trinajstić information content (AvgIpc) is 2.86. The van der Waals surface area contributed by atoms with Crippen LogP contribution in [0.4, 0.5) is 0 Å². The Morgan fingerprint density at radius 2 is 2.11 bits per heavy atom. The van der Waals surface area contributed by atoms with Gasteiger partial charge in [0.05, 0.1) is 0 Å². The Hall–Kier alpha value is -2.21. The van der Waals surface area contributed by atoms with E-state index in [1.165, 1.54) is 0 Å². The van der Waals surface area contributed by atoms with Gasteiger partial charge in [-0.2, -0.15) is 4.98 Å². The molecule has 0 aliphatic carbocycles. The summed E-state index contributed by atoms with van der Waals surface area (Å²) in [5.41, 5.74) is 1.32. The van der Waals surface area contributed by atoms with Crippen LogP contribution in [0.25, 0.3) is 11.5 Å². The lowest BCUT2D eigenvalue weighted by Gasteiger charge is -2.04. The fourth-order valence-corrected chi connectivity index (χ4v) is 1.56. The van der Waals surface area contributed by atoms with Gasteiger partial charge in [0, 0.05) is 24.3 Å². The SMILES string of the molecule is Cc1noc(-c2ccc(C(=O)NCCCO)cc2)n1. The number of aliphatic hydroxyl groups excluding tert-OH is 1. The van der Waals surface area contributed by atoms with Crippen molar-refractivity contribution >= 4 is 5.91 Å². The Balaban J connectivity index is 2.04. The Kier molecular flexibility index (Phi) is 4.25. The molecule has 0 spiro atoms. The summed E-state index contributed by atoms with van der Waals surface area (Å²) in [6.45, 7) is 2.27. The molecular weight excluding hydrogens is 246 g/mol. The standard InChI is InChI=1S/C13H15N3O3/c1-9-15-13(19-16-9)11-5-3-10(4-6-11)12(18)14-7-2-8-17/h3-6,17H,2,7-8H2,1H3,(H,14,18). The zero-order chi connectivity index (χ0) is 13.7. The molecule has 1 aromatic carbocycles. The van der Waals surface area contributed by atoms with Crippen molar-refractivity contribution in [1.82, 2.24) is 15.5 Å². The molecule has 0 atom stereocenters. The molecular formula is C13H15N3O3. The molecule has 0 saturated heterocycles. The Morgan fingerprint density at radius 1 is 1.37 bits per heavy atom. The first-order valence-electron chi connectivity index (χ1n) is 6.00. The third-order valence-corrected chi connectivity index (χ3v) is 2.54. The number of carbonyl (C=O) groups is 1. The number of amides is 1. The number of rotatable bonds is 5. The molecule has 0 unspecified atom stereocenters. The van der Waals surface area contributed by atoms with Crippen molar-refractivity contribution in [3.8, 4) is 11.5 Å². The van der Waals surface area contributed by atoms with Crippen LogP contribution in [0.5, 0.6) is 0 Å². The monoisotopic (exact) mass is 261 g/mol.